The molecule has 1 aromatic carbocycles. The van der Waals surface area contributed by atoms with E-state index in [4.69, 9.17) is 17.3 Å². The minimum absolute atomic E-state index is 0.115. The second-order valence-electron chi connectivity index (χ2n) is 6.34. The van der Waals surface area contributed by atoms with Crippen molar-refractivity contribution in [3.05, 3.63) is 28.5 Å². The molecule has 4 nitrogen and oxygen atoms in total. The molecule has 0 atom stereocenters. The fraction of sp³-hybridized carbons (Fsp3) is 0.562. The Labute approximate surface area is 134 Å². The van der Waals surface area contributed by atoms with Gasteiger partial charge in [0.05, 0.1) is 11.3 Å². The van der Waals surface area contributed by atoms with E-state index < -0.39 is 5.82 Å². The molecule has 0 aromatic heterocycles. The van der Waals surface area contributed by atoms with Gasteiger partial charge in [-0.15, -0.1) is 0 Å². The van der Waals surface area contributed by atoms with Crippen molar-refractivity contribution >= 4 is 23.2 Å². The average molecular weight is 326 g/mol. The van der Waals surface area contributed by atoms with Crippen LogP contribution in [0.15, 0.2) is 12.1 Å². The van der Waals surface area contributed by atoms with Gasteiger partial charge in [-0.1, -0.05) is 11.6 Å². The van der Waals surface area contributed by atoms with Crippen molar-refractivity contribution in [3.8, 4) is 0 Å². The molecular weight excluding hydrogens is 305 g/mol. The average Bonchev–Trinajstić information content (AvgIpc) is 3.29. The molecule has 2 fully saturated rings. The molecule has 0 spiro atoms. The lowest BCUT2D eigenvalue weighted by molar-refractivity contribution is 0.0910. The van der Waals surface area contributed by atoms with Crippen LogP contribution in [0.3, 0.4) is 0 Å². The van der Waals surface area contributed by atoms with Gasteiger partial charge in [-0.2, -0.15) is 0 Å². The minimum Gasteiger partial charge on any atom is -0.396 e. The fourth-order valence-electron chi connectivity index (χ4n) is 2.96. The van der Waals surface area contributed by atoms with Crippen LogP contribution in [-0.4, -0.2) is 36.5 Å². The Kier molecular flexibility index (Phi) is 4.54. The number of hydrogen-bond acceptors (Lipinski definition) is 3. The first-order valence-electron chi connectivity index (χ1n) is 7.80. The molecule has 0 radical (unpaired) electrons. The number of nitrogens with one attached hydrogen (secondary N) is 1. The smallest absolute Gasteiger partial charge is 0.253 e. The maximum Gasteiger partial charge on any atom is 0.253 e. The van der Waals surface area contributed by atoms with Crippen LogP contribution in [0, 0.1) is 11.7 Å². The summed E-state index contributed by atoms with van der Waals surface area (Å²) in [5.41, 5.74) is 5.61. The highest BCUT2D eigenvalue weighted by Crippen LogP contribution is 2.30. The highest BCUT2D eigenvalue weighted by molar-refractivity contribution is 6.31. The summed E-state index contributed by atoms with van der Waals surface area (Å²) in [5.74, 6) is -0.114. The van der Waals surface area contributed by atoms with E-state index in [0.29, 0.717) is 0 Å². The number of halogens is 2. The molecule has 1 saturated heterocycles. The number of hydrogen-bond donors (Lipinski definition) is 2. The predicted octanol–water partition coefficient (Wildman–Crippen LogP) is 2.67. The van der Waals surface area contributed by atoms with Crippen molar-refractivity contribution in [2.45, 2.75) is 31.7 Å². The molecule has 2 aliphatic rings. The number of rotatable bonds is 4. The van der Waals surface area contributed by atoms with E-state index in [0.717, 1.165) is 37.9 Å². The molecule has 3 rings (SSSR count). The van der Waals surface area contributed by atoms with Crippen LogP contribution < -0.4 is 11.1 Å². The normalized spacial score (nSPS) is 20.1. The number of anilines is 1. The lowest BCUT2D eigenvalue weighted by atomic mass is 10.0. The van der Waals surface area contributed by atoms with E-state index in [9.17, 15) is 9.18 Å². The summed E-state index contributed by atoms with van der Waals surface area (Å²) >= 11 is 5.80. The molecule has 22 heavy (non-hydrogen) atoms. The quantitative estimate of drug-likeness (QED) is 0.837. The van der Waals surface area contributed by atoms with E-state index in [1.807, 2.05) is 0 Å². The van der Waals surface area contributed by atoms with Crippen LogP contribution in [-0.2, 0) is 0 Å². The second kappa shape index (κ2) is 6.42. The van der Waals surface area contributed by atoms with E-state index in [1.165, 1.54) is 25.5 Å². The number of carbonyl (C=O) groups excluding carboxylic acids is 1. The summed E-state index contributed by atoms with van der Waals surface area (Å²) < 4.78 is 13.6. The van der Waals surface area contributed by atoms with E-state index >= 15 is 0 Å². The molecule has 1 aromatic rings. The Hall–Kier alpha value is -1.33. The van der Waals surface area contributed by atoms with Gasteiger partial charge in [-0.25, -0.2) is 4.39 Å². The first-order chi connectivity index (χ1) is 10.5. The van der Waals surface area contributed by atoms with Gasteiger partial charge in [0.1, 0.15) is 5.82 Å². The van der Waals surface area contributed by atoms with Gasteiger partial charge in [0.2, 0.25) is 0 Å². The third kappa shape index (κ3) is 3.70. The van der Waals surface area contributed by atoms with Crippen LogP contribution in [0.25, 0.3) is 0 Å². The molecule has 1 amide bonds. The zero-order valence-electron chi connectivity index (χ0n) is 12.4. The highest BCUT2D eigenvalue weighted by Gasteiger charge is 2.28. The molecule has 3 N–H and O–H groups in total. The van der Waals surface area contributed by atoms with Crippen LogP contribution >= 0.6 is 11.6 Å². The molecule has 120 valence electrons. The van der Waals surface area contributed by atoms with Crippen LogP contribution in [0.2, 0.25) is 5.02 Å². The number of benzene rings is 1. The first-order valence-corrected chi connectivity index (χ1v) is 8.18. The maximum atomic E-state index is 13.6. The third-order valence-corrected chi connectivity index (χ3v) is 4.69. The van der Waals surface area contributed by atoms with Crippen molar-refractivity contribution in [1.29, 1.82) is 0 Å². The Balaban J connectivity index is 1.56. The number of carbonyl (C=O) groups is 1. The Bertz CT molecular complexity index is 569. The van der Waals surface area contributed by atoms with Crippen molar-refractivity contribution in [1.82, 2.24) is 10.2 Å². The van der Waals surface area contributed by atoms with Crippen LogP contribution in [0.1, 0.15) is 36.0 Å². The Morgan fingerprint density at radius 1 is 1.32 bits per heavy atom. The molecule has 0 bridgehead atoms. The fourth-order valence-corrected chi connectivity index (χ4v) is 3.17. The molecule has 1 aliphatic carbocycles. The summed E-state index contributed by atoms with van der Waals surface area (Å²) in [5, 5.41) is 3.13. The van der Waals surface area contributed by atoms with Gasteiger partial charge in [0.25, 0.3) is 5.91 Å². The Morgan fingerprint density at radius 3 is 2.64 bits per heavy atom. The van der Waals surface area contributed by atoms with Gasteiger partial charge in [0.15, 0.2) is 0 Å². The molecule has 6 heteroatoms. The zero-order chi connectivity index (χ0) is 15.7. The summed E-state index contributed by atoms with van der Waals surface area (Å²) in [6.45, 7) is 3.19. The molecule has 1 heterocycles. The summed E-state index contributed by atoms with van der Waals surface area (Å²) in [7, 11) is 0. The van der Waals surface area contributed by atoms with Crippen molar-refractivity contribution in [2.75, 3.05) is 25.4 Å². The van der Waals surface area contributed by atoms with E-state index in [2.05, 4.69) is 10.2 Å². The summed E-state index contributed by atoms with van der Waals surface area (Å²) in [4.78, 5) is 14.7. The Morgan fingerprint density at radius 2 is 2.00 bits per heavy atom. The molecular formula is C16H21ClFN3O. The van der Waals surface area contributed by atoms with Crippen molar-refractivity contribution in [3.63, 3.8) is 0 Å². The van der Waals surface area contributed by atoms with Gasteiger partial charge in [0, 0.05) is 30.7 Å². The van der Waals surface area contributed by atoms with Gasteiger partial charge >= 0.3 is 0 Å². The van der Waals surface area contributed by atoms with Gasteiger partial charge in [-0.3, -0.25) is 4.79 Å². The standard InChI is InChI=1S/C16H21ClFN3O/c17-11-7-13(15(19)14(18)8-11)16(22)20-12-3-5-21(6-4-12)9-10-1-2-10/h7-8,10,12H,1-6,9,19H2,(H,20,22). The molecule has 1 aliphatic heterocycles. The minimum atomic E-state index is -0.656. The zero-order valence-corrected chi connectivity index (χ0v) is 13.2. The lowest BCUT2D eigenvalue weighted by Crippen LogP contribution is -2.45. The number of likely N-dealkylation sites (tertiary alicyclic amines) is 1. The third-order valence-electron chi connectivity index (χ3n) is 4.48. The first kappa shape index (κ1) is 15.6. The van der Waals surface area contributed by atoms with Gasteiger partial charge < -0.3 is 16.0 Å². The topological polar surface area (TPSA) is 58.4 Å². The lowest BCUT2D eigenvalue weighted by Gasteiger charge is -2.32. The summed E-state index contributed by atoms with van der Waals surface area (Å²) in [6.07, 6.45) is 4.55. The highest BCUT2D eigenvalue weighted by atomic mass is 35.5. The number of nitrogens with zero attached hydrogens (tertiary/aromatic N) is 1. The number of nitrogens with two attached hydrogens (primary N) is 1. The monoisotopic (exact) mass is 325 g/mol. The number of nitrogen functional groups attached to an aromatic ring is 1. The number of amides is 1. The molecule has 0 unspecified atom stereocenters. The maximum absolute atomic E-state index is 13.6. The molecule has 1 saturated carbocycles. The van der Waals surface area contributed by atoms with Crippen molar-refractivity contribution < 1.29 is 9.18 Å². The number of piperidine rings is 1. The van der Waals surface area contributed by atoms with Crippen LogP contribution in [0.4, 0.5) is 10.1 Å². The van der Waals surface area contributed by atoms with E-state index in [1.54, 1.807) is 0 Å². The van der Waals surface area contributed by atoms with Crippen molar-refractivity contribution in [2.24, 2.45) is 5.92 Å². The predicted molar refractivity (Wildman–Crippen MR) is 85.5 cm³/mol. The van der Waals surface area contributed by atoms with Gasteiger partial charge in [-0.05, 0) is 43.7 Å². The summed E-state index contributed by atoms with van der Waals surface area (Å²) in [6, 6.07) is 2.64. The second-order valence-corrected chi connectivity index (χ2v) is 6.78. The van der Waals surface area contributed by atoms with E-state index in [-0.39, 0.29) is 28.2 Å². The van der Waals surface area contributed by atoms with Crippen LogP contribution in [0.5, 0.6) is 0 Å². The SMILES string of the molecule is Nc1c(F)cc(Cl)cc1C(=O)NC1CCN(CC2CC2)CC1. The largest absolute Gasteiger partial charge is 0.396 e.